The summed E-state index contributed by atoms with van der Waals surface area (Å²) in [6.07, 6.45) is 0. The second kappa shape index (κ2) is 5.28. The number of pyridine rings is 1. The summed E-state index contributed by atoms with van der Waals surface area (Å²) in [5.74, 6) is 2.11. The van der Waals surface area contributed by atoms with Crippen molar-refractivity contribution < 1.29 is 9.47 Å². The number of nitrogens with one attached hydrogen (secondary N) is 1. The first-order valence-corrected chi connectivity index (χ1v) is 6.65. The van der Waals surface area contributed by atoms with Gasteiger partial charge in [0.25, 0.3) is 0 Å². The van der Waals surface area contributed by atoms with Crippen LogP contribution in [-0.2, 0) is 0 Å². The van der Waals surface area contributed by atoms with Gasteiger partial charge in [0.05, 0.1) is 18.3 Å². The molecule has 0 aliphatic carbocycles. The summed E-state index contributed by atoms with van der Waals surface area (Å²) in [6, 6.07) is 11.7. The second-order valence-corrected chi connectivity index (χ2v) is 4.57. The first kappa shape index (κ1) is 12.6. The molecule has 104 valence electrons. The molecule has 0 radical (unpaired) electrons. The standard InChI is InChI=1S/C15H17N3O2/c1-2-19-15-11(16)7-8-14(18-15)17-12-9-20-13-6-4-3-5-10(12)13/h3-8,12H,2,9,16H2,1H3,(H,17,18). The van der Waals surface area contributed by atoms with E-state index in [4.69, 9.17) is 15.2 Å². The van der Waals surface area contributed by atoms with Gasteiger partial charge in [-0.3, -0.25) is 0 Å². The summed E-state index contributed by atoms with van der Waals surface area (Å²) < 4.78 is 11.0. The molecule has 0 bridgehead atoms. The number of aromatic nitrogens is 1. The van der Waals surface area contributed by atoms with E-state index in [1.807, 2.05) is 31.2 Å². The molecule has 20 heavy (non-hydrogen) atoms. The topological polar surface area (TPSA) is 69.4 Å². The largest absolute Gasteiger partial charge is 0.491 e. The number of ether oxygens (including phenoxy) is 2. The molecule has 1 atom stereocenters. The maximum atomic E-state index is 5.82. The SMILES string of the molecule is CCOc1nc(NC2COc3ccccc32)ccc1N. The van der Waals surface area contributed by atoms with Gasteiger partial charge < -0.3 is 20.5 Å². The highest BCUT2D eigenvalue weighted by Crippen LogP contribution is 2.34. The van der Waals surface area contributed by atoms with E-state index in [0.29, 0.717) is 24.8 Å². The van der Waals surface area contributed by atoms with Crippen LogP contribution in [0.4, 0.5) is 11.5 Å². The van der Waals surface area contributed by atoms with Crippen molar-refractivity contribution in [3.63, 3.8) is 0 Å². The van der Waals surface area contributed by atoms with Crippen molar-refractivity contribution in [1.82, 2.24) is 4.98 Å². The van der Waals surface area contributed by atoms with E-state index in [0.717, 1.165) is 17.1 Å². The maximum absolute atomic E-state index is 5.82. The molecule has 0 spiro atoms. The number of anilines is 2. The van der Waals surface area contributed by atoms with E-state index in [2.05, 4.69) is 16.4 Å². The van der Waals surface area contributed by atoms with E-state index >= 15 is 0 Å². The highest BCUT2D eigenvalue weighted by atomic mass is 16.5. The fraction of sp³-hybridized carbons (Fsp3) is 0.267. The third-order valence-electron chi connectivity index (χ3n) is 3.19. The summed E-state index contributed by atoms with van der Waals surface area (Å²) in [5, 5.41) is 3.35. The van der Waals surface area contributed by atoms with Crippen molar-refractivity contribution in [2.24, 2.45) is 0 Å². The molecule has 1 aliphatic rings. The van der Waals surface area contributed by atoms with Gasteiger partial charge in [0.1, 0.15) is 18.2 Å². The van der Waals surface area contributed by atoms with Crippen LogP contribution in [0.5, 0.6) is 11.6 Å². The summed E-state index contributed by atoms with van der Waals surface area (Å²) >= 11 is 0. The lowest BCUT2D eigenvalue weighted by atomic mass is 10.1. The Morgan fingerprint density at radius 1 is 1.35 bits per heavy atom. The molecule has 0 saturated heterocycles. The van der Waals surface area contributed by atoms with Crippen LogP contribution in [0.2, 0.25) is 0 Å². The Hall–Kier alpha value is -2.43. The zero-order chi connectivity index (χ0) is 13.9. The summed E-state index contributed by atoms with van der Waals surface area (Å²) in [5.41, 5.74) is 7.51. The average molecular weight is 271 g/mol. The van der Waals surface area contributed by atoms with Crippen LogP contribution in [0.25, 0.3) is 0 Å². The van der Waals surface area contributed by atoms with Crippen molar-refractivity contribution in [1.29, 1.82) is 0 Å². The maximum Gasteiger partial charge on any atom is 0.239 e. The summed E-state index contributed by atoms with van der Waals surface area (Å²) in [4.78, 5) is 4.38. The molecule has 0 saturated carbocycles. The van der Waals surface area contributed by atoms with Crippen LogP contribution < -0.4 is 20.5 Å². The Balaban J connectivity index is 1.81. The van der Waals surface area contributed by atoms with Crippen molar-refractivity contribution in [3.05, 3.63) is 42.0 Å². The quantitative estimate of drug-likeness (QED) is 0.894. The Labute approximate surface area is 117 Å². The van der Waals surface area contributed by atoms with Gasteiger partial charge in [-0.25, -0.2) is 0 Å². The monoisotopic (exact) mass is 271 g/mol. The predicted octanol–water partition coefficient (Wildman–Crippen LogP) is 2.61. The van der Waals surface area contributed by atoms with Crippen LogP contribution >= 0.6 is 0 Å². The molecule has 2 heterocycles. The average Bonchev–Trinajstić information content (AvgIpc) is 2.86. The minimum Gasteiger partial charge on any atom is -0.491 e. The minimum absolute atomic E-state index is 0.0943. The highest BCUT2D eigenvalue weighted by molar-refractivity contribution is 5.55. The molecule has 1 aliphatic heterocycles. The first-order chi connectivity index (χ1) is 9.78. The molecule has 1 unspecified atom stereocenters. The molecule has 5 heteroatoms. The number of nitrogen functional groups attached to an aromatic ring is 1. The number of nitrogens with zero attached hydrogens (tertiary/aromatic N) is 1. The van der Waals surface area contributed by atoms with Gasteiger partial charge >= 0.3 is 0 Å². The molecule has 0 fully saturated rings. The molecule has 0 amide bonds. The van der Waals surface area contributed by atoms with Crippen molar-refractivity contribution in [3.8, 4) is 11.6 Å². The summed E-state index contributed by atoms with van der Waals surface area (Å²) in [6.45, 7) is 3.04. The first-order valence-electron chi connectivity index (χ1n) is 6.65. The van der Waals surface area contributed by atoms with E-state index < -0.39 is 0 Å². The molecule has 5 nitrogen and oxygen atoms in total. The zero-order valence-corrected chi connectivity index (χ0v) is 11.3. The van der Waals surface area contributed by atoms with Gasteiger partial charge in [-0.1, -0.05) is 18.2 Å². The Bertz CT molecular complexity index is 616. The van der Waals surface area contributed by atoms with Crippen LogP contribution in [0.3, 0.4) is 0 Å². The fourth-order valence-electron chi connectivity index (χ4n) is 2.24. The predicted molar refractivity (Wildman–Crippen MR) is 78.1 cm³/mol. The van der Waals surface area contributed by atoms with Gasteiger partial charge in [0, 0.05) is 5.56 Å². The lowest BCUT2D eigenvalue weighted by Crippen LogP contribution is -2.13. The lowest BCUT2D eigenvalue weighted by molar-refractivity contribution is 0.328. The number of benzene rings is 1. The van der Waals surface area contributed by atoms with Crippen LogP contribution in [-0.4, -0.2) is 18.2 Å². The summed E-state index contributed by atoms with van der Waals surface area (Å²) in [7, 11) is 0. The normalized spacial score (nSPS) is 16.4. The van der Waals surface area contributed by atoms with Gasteiger partial charge in [-0.15, -0.1) is 0 Å². The molecular formula is C15H17N3O2. The van der Waals surface area contributed by atoms with Crippen molar-refractivity contribution in [2.45, 2.75) is 13.0 Å². The van der Waals surface area contributed by atoms with Gasteiger partial charge in [-0.2, -0.15) is 4.98 Å². The molecular weight excluding hydrogens is 254 g/mol. The molecule has 2 aromatic rings. The third-order valence-corrected chi connectivity index (χ3v) is 3.19. The Kier molecular flexibility index (Phi) is 3.33. The van der Waals surface area contributed by atoms with Crippen LogP contribution in [0.1, 0.15) is 18.5 Å². The van der Waals surface area contributed by atoms with Crippen molar-refractivity contribution >= 4 is 11.5 Å². The van der Waals surface area contributed by atoms with Crippen LogP contribution in [0, 0.1) is 0 Å². The number of hydrogen-bond acceptors (Lipinski definition) is 5. The molecule has 3 rings (SSSR count). The van der Waals surface area contributed by atoms with Crippen molar-refractivity contribution in [2.75, 3.05) is 24.3 Å². The number of fused-ring (bicyclic) bond motifs is 1. The number of para-hydroxylation sites is 1. The zero-order valence-electron chi connectivity index (χ0n) is 11.3. The highest BCUT2D eigenvalue weighted by Gasteiger charge is 2.23. The van der Waals surface area contributed by atoms with Gasteiger partial charge in [0.2, 0.25) is 5.88 Å². The molecule has 1 aromatic carbocycles. The molecule has 1 aromatic heterocycles. The second-order valence-electron chi connectivity index (χ2n) is 4.57. The minimum atomic E-state index is 0.0943. The number of rotatable bonds is 4. The van der Waals surface area contributed by atoms with E-state index in [1.54, 1.807) is 6.07 Å². The van der Waals surface area contributed by atoms with Crippen LogP contribution in [0.15, 0.2) is 36.4 Å². The molecule has 3 N–H and O–H groups in total. The lowest BCUT2D eigenvalue weighted by Gasteiger charge is -2.14. The van der Waals surface area contributed by atoms with Gasteiger partial charge in [0.15, 0.2) is 0 Å². The fourth-order valence-corrected chi connectivity index (χ4v) is 2.24. The number of hydrogen-bond donors (Lipinski definition) is 2. The van der Waals surface area contributed by atoms with E-state index in [-0.39, 0.29) is 6.04 Å². The Morgan fingerprint density at radius 3 is 3.05 bits per heavy atom. The smallest absolute Gasteiger partial charge is 0.239 e. The van der Waals surface area contributed by atoms with E-state index in [9.17, 15) is 0 Å². The number of nitrogens with two attached hydrogens (primary N) is 1. The van der Waals surface area contributed by atoms with Gasteiger partial charge in [-0.05, 0) is 25.1 Å². The third kappa shape index (κ3) is 2.34. The Morgan fingerprint density at radius 2 is 2.20 bits per heavy atom. The van der Waals surface area contributed by atoms with E-state index in [1.165, 1.54) is 0 Å².